The maximum atomic E-state index is 12.4. The number of nitrogens with one attached hydrogen (secondary N) is 1. The Balaban J connectivity index is 2.00. The lowest BCUT2D eigenvalue weighted by molar-refractivity contribution is -0.140. The van der Waals surface area contributed by atoms with Gasteiger partial charge in [0.2, 0.25) is 0 Å². The predicted molar refractivity (Wildman–Crippen MR) is 98.5 cm³/mol. The van der Waals surface area contributed by atoms with Crippen molar-refractivity contribution in [3.8, 4) is 5.69 Å². The SMILES string of the molecule is COC(=O)CCCCNC(=O)c1cc(C)n(-c2ccc(Cl)cc2)c1C. The van der Waals surface area contributed by atoms with Crippen LogP contribution >= 0.6 is 11.6 Å². The second kappa shape index (κ2) is 8.72. The molecule has 0 aliphatic heterocycles. The fourth-order valence-corrected chi connectivity index (χ4v) is 2.90. The number of nitrogens with zero attached hydrogens (tertiary/aromatic N) is 1. The first-order valence-corrected chi connectivity index (χ1v) is 8.61. The third-order valence-corrected chi connectivity index (χ3v) is 4.33. The number of amides is 1. The number of rotatable bonds is 7. The molecule has 1 N–H and O–H groups in total. The van der Waals surface area contributed by atoms with Crippen molar-refractivity contribution in [2.45, 2.75) is 33.1 Å². The number of aromatic nitrogens is 1. The summed E-state index contributed by atoms with van der Waals surface area (Å²) in [4.78, 5) is 23.5. The monoisotopic (exact) mass is 362 g/mol. The van der Waals surface area contributed by atoms with Crippen LogP contribution in [-0.4, -0.2) is 30.1 Å². The maximum absolute atomic E-state index is 12.4. The molecular weight excluding hydrogens is 340 g/mol. The minimum Gasteiger partial charge on any atom is -0.469 e. The van der Waals surface area contributed by atoms with Gasteiger partial charge in [0.1, 0.15) is 0 Å². The Bertz CT molecular complexity index is 751. The van der Waals surface area contributed by atoms with Gasteiger partial charge in [-0.2, -0.15) is 0 Å². The van der Waals surface area contributed by atoms with Crippen molar-refractivity contribution in [3.63, 3.8) is 0 Å². The summed E-state index contributed by atoms with van der Waals surface area (Å²) in [5.74, 6) is -0.329. The molecule has 0 atom stereocenters. The fraction of sp³-hybridized carbons (Fsp3) is 0.368. The first-order chi connectivity index (χ1) is 11.9. The average Bonchev–Trinajstić information content (AvgIpc) is 2.89. The largest absolute Gasteiger partial charge is 0.469 e. The number of carbonyl (C=O) groups excluding carboxylic acids is 2. The molecule has 0 spiro atoms. The van der Waals surface area contributed by atoms with Crippen LogP contribution in [0.2, 0.25) is 5.02 Å². The molecule has 0 fully saturated rings. The minimum absolute atomic E-state index is 0.105. The van der Waals surface area contributed by atoms with Gasteiger partial charge in [-0.3, -0.25) is 9.59 Å². The Labute approximate surface area is 152 Å². The molecular formula is C19H23ClN2O3. The van der Waals surface area contributed by atoms with E-state index in [4.69, 9.17) is 11.6 Å². The number of ether oxygens (including phenoxy) is 1. The highest BCUT2D eigenvalue weighted by atomic mass is 35.5. The molecule has 0 saturated heterocycles. The van der Waals surface area contributed by atoms with Crippen LogP contribution in [0.1, 0.15) is 41.0 Å². The number of halogens is 1. The average molecular weight is 363 g/mol. The highest BCUT2D eigenvalue weighted by Crippen LogP contribution is 2.22. The van der Waals surface area contributed by atoms with Crippen molar-refractivity contribution < 1.29 is 14.3 Å². The highest BCUT2D eigenvalue weighted by Gasteiger charge is 2.16. The van der Waals surface area contributed by atoms with Crippen molar-refractivity contribution in [3.05, 3.63) is 52.3 Å². The lowest BCUT2D eigenvalue weighted by Gasteiger charge is -2.10. The zero-order chi connectivity index (χ0) is 18.4. The van der Waals surface area contributed by atoms with E-state index in [0.29, 0.717) is 30.0 Å². The Hall–Kier alpha value is -2.27. The van der Waals surface area contributed by atoms with Crippen molar-refractivity contribution in [1.29, 1.82) is 0 Å². The third kappa shape index (κ3) is 4.86. The molecule has 0 unspecified atom stereocenters. The quantitative estimate of drug-likeness (QED) is 0.601. The molecule has 2 rings (SSSR count). The first-order valence-electron chi connectivity index (χ1n) is 8.24. The van der Waals surface area contributed by atoms with Crippen LogP contribution in [0.3, 0.4) is 0 Å². The minimum atomic E-state index is -0.224. The molecule has 6 heteroatoms. The second-order valence-corrected chi connectivity index (χ2v) is 6.32. The van der Waals surface area contributed by atoms with Gasteiger partial charge >= 0.3 is 5.97 Å². The Morgan fingerprint density at radius 1 is 1.16 bits per heavy atom. The molecule has 1 aromatic heterocycles. The number of unbranched alkanes of at least 4 members (excludes halogenated alkanes) is 1. The summed E-state index contributed by atoms with van der Waals surface area (Å²) in [6, 6.07) is 9.40. The zero-order valence-corrected chi connectivity index (χ0v) is 15.5. The summed E-state index contributed by atoms with van der Waals surface area (Å²) >= 11 is 5.94. The van der Waals surface area contributed by atoms with Crippen LogP contribution < -0.4 is 5.32 Å². The summed E-state index contributed by atoms with van der Waals surface area (Å²) in [6.07, 6.45) is 1.80. The van der Waals surface area contributed by atoms with Gasteiger partial charge in [-0.15, -0.1) is 0 Å². The van der Waals surface area contributed by atoms with E-state index in [1.54, 1.807) is 0 Å². The second-order valence-electron chi connectivity index (χ2n) is 5.89. The van der Waals surface area contributed by atoms with Gasteiger partial charge in [0.05, 0.1) is 12.7 Å². The van der Waals surface area contributed by atoms with Gasteiger partial charge in [0.15, 0.2) is 0 Å². The van der Waals surface area contributed by atoms with Crippen molar-refractivity contribution >= 4 is 23.5 Å². The molecule has 0 radical (unpaired) electrons. The lowest BCUT2D eigenvalue weighted by atomic mass is 10.2. The molecule has 25 heavy (non-hydrogen) atoms. The normalized spacial score (nSPS) is 10.6. The summed E-state index contributed by atoms with van der Waals surface area (Å²) in [5.41, 5.74) is 3.49. The highest BCUT2D eigenvalue weighted by molar-refractivity contribution is 6.30. The van der Waals surface area contributed by atoms with Crippen LogP contribution in [0.4, 0.5) is 0 Å². The standard InChI is InChI=1S/C19H23ClN2O3/c1-13-12-17(19(24)21-11-5-4-6-18(23)25-3)14(2)22(13)16-9-7-15(20)8-10-16/h7-10,12H,4-6,11H2,1-3H3,(H,21,24). The van der Waals surface area contributed by atoms with Gasteiger partial charge in [0, 0.05) is 35.1 Å². The molecule has 1 amide bonds. The molecule has 134 valence electrons. The molecule has 5 nitrogen and oxygen atoms in total. The molecule has 2 aromatic rings. The van der Waals surface area contributed by atoms with E-state index in [1.807, 2.05) is 48.7 Å². The van der Waals surface area contributed by atoms with Crippen molar-refractivity contribution in [1.82, 2.24) is 9.88 Å². The van der Waals surface area contributed by atoms with E-state index >= 15 is 0 Å². The predicted octanol–water partition coefficient (Wildman–Crippen LogP) is 3.82. The Morgan fingerprint density at radius 2 is 1.84 bits per heavy atom. The summed E-state index contributed by atoms with van der Waals surface area (Å²) in [6.45, 7) is 4.42. The number of benzene rings is 1. The van der Waals surface area contributed by atoms with Crippen LogP contribution in [0.5, 0.6) is 0 Å². The van der Waals surface area contributed by atoms with Gasteiger partial charge in [0.25, 0.3) is 5.91 Å². The molecule has 0 saturated carbocycles. The van der Waals surface area contributed by atoms with E-state index in [1.165, 1.54) is 7.11 Å². The fourth-order valence-electron chi connectivity index (χ4n) is 2.77. The van der Waals surface area contributed by atoms with Crippen LogP contribution in [0.15, 0.2) is 30.3 Å². The number of carbonyl (C=O) groups is 2. The van der Waals surface area contributed by atoms with E-state index in [-0.39, 0.29) is 11.9 Å². The summed E-state index contributed by atoms with van der Waals surface area (Å²) in [5, 5.41) is 3.58. The van der Waals surface area contributed by atoms with E-state index in [9.17, 15) is 9.59 Å². The van der Waals surface area contributed by atoms with Gasteiger partial charge in [-0.05, 0) is 57.0 Å². The van der Waals surface area contributed by atoms with E-state index in [0.717, 1.165) is 23.5 Å². The maximum Gasteiger partial charge on any atom is 0.305 e. The van der Waals surface area contributed by atoms with Gasteiger partial charge in [-0.1, -0.05) is 11.6 Å². The summed E-state index contributed by atoms with van der Waals surface area (Å²) < 4.78 is 6.62. The molecule has 0 aliphatic carbocycles. The number of hydrogen-bond donors (Lipinski definition) is 1. The van der Waals surface area contributed by atoms with Crippen LogP contribution in [0, 0.1) is 13.8 Å². The van der Waals surface area contributed by atoms with Gasteiger partial charge < -0.3 is 14.6 Å². The van der Waals surface area contributed by atoms with Crippen LogP contribution in [-0.2, 0) is 9.53 Å². The smallest absolute Gasteiger partial charge is 0.305 e. The molecule has 1 heterocycles. The number of esters is 1. The molecule has 1 aromatic carbocycles. The Morgan fingerprint density at radius 3 is 2.48 bits per heavy atom. The Kier molecular flexibility index (Phi) is 6.65. The zero-order valence-electron chi connectivity index (χ0n) is 14.8. The number of methoxy groups -OCH3 is 1. The number of aryl methyl sites for hydroxylation is 1. The third-order valence-electron chi connectivity index (χ3n) is 4.08. The van der Waals surface area contributed by atoms with Crippen molar-refractivity contribution in [2.24, 2.45) is 0 Å². The molecule has 0 bridgehead atoms. The first kappa shape index (κ1) is 19.1. The summed E-state index contributed by atoms with van der Waals surface area (Å²) in [7, 11) is 1.38. The van der Waals surface area contributed by atoms with Crippen molar-refractivity contribution in [2.75, 3.05) is 13.7 Å². The van der Waals surface area contributed by atoms with E-state index in [2.05, 4.69) is 10.1 Å². The number of hydrogen-bond acceptors (Lipinski definition) is 3. The van der Waals surface area contributed by atoms with Crippen LogP contribution in [0.25, 0.3) is 5.69 Å². The van der Waals surface area contributed by atoms with Gasteiger partial charge in [-0.25, -0.2) is 0 Å². The molecule has 0 aliphatic rings. The lowest BCUT2D eigenvalue weighted by Crippen LogP contribution is -2.25. The van der Waals surface area contributed by atoms with E-state index < -0.39 is 0 Å². The topological polar surface area (TPSA) is 60.3 Å².